The Morgan fingerprint density at radius 1 is 1.10 bits per heavy atom. The number of carbonyl (C=O) groups excluding carboxylic acids is 2. The lowest BCUT2D eigenvalue weighted by Crippen LogP contribution is -2.48. The first-order chi connectivity index (χ1) is 13.8. The maximum Gasteiger partial charge on any atom is 0.418 e. The molecule has 0 aliphatic carbocycles. The molecule has 0 spiro atoms. The smallest absolute Gasteiger partial charge is 0.395 e. The van der Waals surface area contributed by atoms with E-state index in [1.165, 1.54) is 12.3 Å². The molecule has 29 heavy (non-hydrogen) atoms. The monoisotopic (exact) mass is 412 g/mol. The average Bonchev–Trinajstić information content (AvgIpc) is 2.67. The van der Waals surface area contributed by atoms with Crippen LogP contribution in [0, 0.1) is 0 Å². The molecule has 1 amide bonds. The topological polar surface area (TPSA) is 84.9 Å². The molecule has 2 heterocycles. The minimum absolute atomic E-state index is 0.138. The molecule has 0 unspecified atom stereocenters. The summed E-state index contributed by atoms with van der Waals surface area (Å²) in [4.78, 5) is 29.1. The largest absolute Gasteiger partial charge is 0.418 e. The SMILES string of the molecule is O=C1Nc2c(cccc2C(F)(F)F)C(=O)/C1=C\NCCN1CCN(CCO)CC1. The first kappa shape index (κ1) is 21.3. The zero-order chi connectivity index (χ0) is 21.0. The Balaban J connectivity index is 1.59. The number of hydrogen-bond acceptors (Lipinski definition) is 6. The molecule has 0 atom stereocenters. The Morgan fingerprint density at radius 2 is 1.76 bits per heavy atom. The van der Waals surface area contributed by atoms with Crippen molar-refractivity contribution in [3.05, 3.63) is 41.1 Å². The van der Waals surface area contributed by atoms with E-state index in [-0.39, 0.29) is 17.7 Å². The number of rotatable bonds is 6. The fourth-order valence-electron chi connectivity index (χ4n) is 3.45. The van der Waals surface area contributed by atoms with Gasteiger partial charge < -0.3 is 15.7 Å². The number of halogens is 3. The molecule has 0 saturated carbocycles. The molecule has 1 aromatic rings. The molecular formula is C19H23F3N4O3. The van der Waals surface area contributed by atoms with Gasteiger partial charge in [-0.3, -0.25) is 19.4 Å². The van der Waals surface area contributed by atoms with Gasteiger partial charge in [0.2, 0.25) is 5.78 Å². The summed E-state index contributed by atoms with van der Waals surface area (Å²) in [6.07, 6.45) is -3.40. The van der Waals surface area contributed by atoms with Crippen molar-refractivity contribution in [1.29, 1.82) is 0 Å². The highest BCUT2D eigenvalue weighted by molar-refractivity contribution is 6.34. The third-order valence-electron chi connectivity index (χ3n) is 5.04. The van der Waals surface area contributed by atoms with Gasteiger partial charge >= 0.3 is 6.18 Å². The van der Waals surface area contributed by atoms with Gasteiger partial charge in [-0.25, -0.2) is 0 Å². The molecule has 3 N–H and O–H groups in total. The molecule has 1 aromatic carbocycles. The summed E-state index contributed by atoms with van der Waals surface area (Å²) < 4.78 is 39.3. The minimum Gasteiger partial charge on any atom is -0.395 e. The van der Waals surface area contributed by atoms with Crippen LogP contribution in [0.5, 0.6) is 0 Å². The van der Waals surface area contributed by atoms with E-state index in [2.05, 4.69) is 20.4 Å². The van der Waals surface area contributed by atoms with Crippen LogP contribution in [-0.4, -0.2) is 79.0 Å². The van der Waals surface area contributed by atoms with Crippen molar-refractivity contribution >= 4 is 17.4 Å². The van der Waals surface area contributed by atoms with E-state index in [0.717, 1.165) is 38.3 Å². The third-order valence-corrected chi connectivity index (χ3v) is 5.04. The van der Waals surface area contributed by atoms with Crippen molar-refractivity contribution in [2.45, 2.75) is 6.18 Å². The number of anilines is 1. The van der Waals surface area contributed by atoms with E-state index in [9.17, 15) is 22.8 Å². The quantitative estimate of drug-likeness (QED) is 0.366. The number of piperazine rings is 1. The molecule has 7 nitrogen and oxygen atoms in total. The number of β-amino-alcohol motifs (C(OH)–C–C–N with tert-alkyl or cyclic N) is 1. The molecule has 1 fully saturated rings. The van der Waals surface area contributed by atoms with Crippen molar-refractivity contribution < 1.29 is 27.9 Å². The maximum absolute atomic E-state index is 13.1. The van der Waals surface area contributed by atoms with Gasteiger partial charge in [0.05, 0.1) is 17.9 Å². The van der Waals surface area contributed by atoms with Crippen molar-refractivity contribution in [1.82, 2.24) is 15.1 Å². The summed E-state index contributed by atoms with van der Waals surface area (Å²) in [5.41, 5.74) is -1.92. The first-order valence-corrected chi connectivity index (χ1v) is 9.36. The Morgan fingerprint density at radius 3 is 2.38 bits per heavy atom. The second kappa shape index (κ2) is 8.93. The predicted octanol–water partition coefficient (Wildman–Crippen LogP) is 0.924. The number of nitrogens with zero attached hydrogens (tertiary/aromatic N) is 2. The standard InChI is InChI=1S/C19H23F3N4O3/c20-19(21,22)15-3-1-2-13-16(15)24-18(29)14(17(13)28)12-23-4-5-25-6-8-26(9-7-25)10-11-27/h1-3,12,23,27H,4-11H2,(H,24,29)/b14-12+. The number of ketones is 1. The second-order valence-electron chi connectivity index (χ2n) is 6.93. The van der Waals surface area contributed by atoms with Crippen molar-refractivity contribution in [2.24, 2.45) is 0 Å². The van der Waals surface area contributed by atoms with Gasteiger partial charge in [0.1, 0.15) is 5.57 Å². The molecule has 10 heteroatoms. The predicted molar refractivity (Wildman–Crippen MR) is 100 cm³/mol. The average molecular weight is 412 g/mol. The number of nitrogens with one attached hydrogen (secondary N) is 2. The highest BCUT2D eigenvalue weighted by atomic mass is 19.4. The van der Waals surface area contributed by atoms with Crippen LogP contribution in [0.3, 0.4) is 0 Å². The van der Waals surface area contributed by atoms with Gasteiger partial charge in [-0.05, 0) is 12.1 Å². The van der Waals surface area contributed by atoms with Gasteiger partial charge in [0.25, 0.3) is 5.91 Å². The van der Waals surface area contributed by atoms with E-state index in [4.69, 9.17) is 5.11 Å². The van der Waals surface area contributed by atoms with E-state index in [1.807, 2.05) is 0 Å². The highest BCUT2D eigenvalue weighted by Gasteiger charge is 2.39. The molecular weight excluding hydrogens is 389 g/mol. The van der Waals surface area contributed by atoms with Gasteiger partial charge in [-0.15, -0.1) is 0 Å². The highest BCUT2D eigenvalue weighted by Crippen LogP contribution is 2.39. The summed E-state index contributed by atoms with van der Waals surface area (Å²) in [7, 11) is 0. The van der Waals surface area contributed by atoms with E-state index < -0.39 is 29.1 Å². The molecule has 0 radical (unpaired) electrons. The molecule has 158 valence electrons. The summed E-state index contributed by atoms with van der Waals surface area (Å²) in [5.74, 6) is -1.59. The van der Waals surface area contributed by atoms with Crippen LogP contribution in [0.2, 0.25) is 0 Å². The van der Waals surface area contributed by atoms with E-state index in [0.29, 0.717) is 19.6 Å². The van der Waals surface area contributed by atoms with Crippen LogP contribution in [0.4, 0.5) is 18.9 Å². The number of amides is 1. The third kappa shape index (κ3) is 4.95. The second-order valence-corrected chi connectivity index (χ2v) is 6.93. The maximum atomic E-state index is 13.1. The van der Waals surface area contributed by atoms with Crippen LogP contribution < -0.4 is 10.6 Å². The number of carbonyl (C=O) groups is 2. The summed E-state index contributed by atoms with van der Waals surface area (Å²) >= 11 is 0. The number of Topliss-reactive ketones (excluding diaryl/α,β-unsaturated/α-hetero) is 1. The van der Waals surface area contributed by atoms with Crippen LogP contribution in [0.15, 0.2) is 30.0 Å². The van der Waals surface area contributed by atoms with E-state index >= 15 is 0 Å². The fourth-order valence-corrected chi connectivity index (χ4v) is 3.45. The van der Waals surface area contributed by atoms with Crippen LogP contribution in [0.25, 0.3) is 0 Å². The van der Waals surface area contributed by atoms with Crippen LogP contribution >= 0.6 is 0 Å². The van der Waals surface area contributed by atoms with Gasteiger partial charge in [-0.2, -0.15) is 13.2 Å². The van der Waals surface area contributed by atoms with Crippen molar-refractivity contribution in [3.8, 4) is 0 Å². The molecule has 2 aliphatic rings. The first-order valence-electron chi connectivity index (χ1n) is 9.36. The summed E-state index contributed by atoms with van der Waals surface area (Å²) in [5, 5.41) is 14.1. The Hall–Kier alpha value is -2.43. The summed E-state index contributed by atoms with van der Waals surface area (Å²) in [6.45, 7) is 5.41. The lowest BCUT2D eigenvalue weighted by atomic mass is 9.94. The number of para-hydroxylation sites is 1. The number of fused-ring (bicyclic) bond motifs is 1. The van der Waals surface area contributed by atoms with Gasteiger partial charge in [0.15, 0.2) is 0 Å². The van der Waals surface area contributed by atoms with Crippen molar-refractivity contribution in [2.75, 3.05) is 57.7 Å². The molecule has 0 bridgehead atoms. The number of aliphatic hydroxyl groups excluding tert-OH is 1. The normalized spacial score (nSPS) is 19.9. The number of benzene rings is 1. The minimum atomic E-state index is -4.67. The summed E-state index contributed by atoms with van der Waals surface area (Å²) in [6, 6.07) is 3.25. The Kier molecular flexibility index (Phi) is 6.56. The zero-order valence-electron chi connectivity index (χ0n) is 15.8. The molecule has 1 saturated heterocycles. The van der Waals surface area contributed by atoms with Gasteiger partial charge in [-0.1, -0.05) is 6.07 Å². The zero-order valence-corrected chi connectivity index (χ0v) is 15.8. The molecule has 2 aliphatic heterocycles. The lowest BCUT2D eigenvalue weighted by Gasteiger charge is -2.34. The van der Waals surface area contributed by atoms with E-state index in [1.54, 1.807) is 0 Å². The van der Waals surface area contributed by atoms with Gasteiger partial charge in [0, 0.05) is 57.6 Å². The number of hydrogen-bond donors (Lipinski definition) is 3. The number of alkyl halides is 3. The Bertz CT molecular complexity index is 802. The van der Waals surface area contributed by atoms with Crippen LogP contribution in [-0.2, 0) is 11.0 Å². The number of aliphatic hydroxyl groups is 1. The van der Waals surface area contributed by atoms with Crippen LogP contribution in [0.1, 0.15) is 15.9 Å². The van der Waals surface area contributed by atoms with Crippen molar-refractivity contribution in [3.63, 3.8) is 0 Å². The molecule has 3 rings (SSSR count). The molecule has 0 aromatic heterocycles. The lowest BCUT2D eigenvalue weighted by molar-refractivity contribution is -0.137. The fraction of sp³-hybridized carbons (Fsp3) is 0.474. The Labute approximate surface area is 166 Å².